The van der Waals surface area contributed by atoms with Crippen LogP contribution in [0.2, 0.25) is 0 Å². The van der Waals surface area contributed by atoms with Gasteiger partial charge in [-0.2, -0.15) is 0 Å². The molecule has 1 N–H and O–H groups in total. The summed E-state index contributed by atoms with van der Waals surface area (Å²) in [6, 6.07) is 3.42. The summed E-state index contributed by atoms with van der Waals surface area (Å²) in [5.41, 5.74) is 0. The van der Waals surface area contributed by atoms with E-state index >= 15 is 0 Å². The third kappa shape index (κ3) is 4.34. The van der Waals surface area contributed by atoms with Crippen LogP contribution in [0.5, 0.6) is 0 Å². The van der Waals surface area contributed by atoms with Gasteiger partial charge in [-0.3, -0.25) is 9.69 Å². The van der Waals surface area contributed by atoms with Crippen molar-refractivity contribution in [2.24, 2.45) is 0 Å². The van der Waals surface area contributed by atoms with Gasteiger partial charge in [0.2, 0.25) is 0 Å². The summed E-state index contributed by atoms with van der Waals surface area (Å²) < 4.78 is 15.6. The number of nitrogens with zero attached hydrogens (tertiary/aromatic N) is 1. The molecule has 0 bridgehead atoms. The summed E-state index contributed by atoms with van der Waals surface area (Å²) in [4.78, 5) is 14.1. The minimum absolute atomic E-state index is 0.185. The van der Waals surface area contributed by atoms with Gasteiger partial charge in [0.15, 0.2) is 5.76 Å². The molecule has 0 spiro atoms. The van der Waals surface area contributed by atoms with Gasteiger partial charge in [0.05, 0.1) is 13.2 Å². The molecule has 106 valence electrons. The van der Waals surface area contributed by atoms with Crippen LogP contribution in [0.15, 0.2) is 16.5 Å². The van der Waals surface area contributed by atoms with Gasteiger partial charge in [0, 0.05) is 33.3 Å². The Morgan fingerprint density at radius 3 is 2.95 bits per heavy atom. The fourth-order valence-corrected chi connectivity index (χ4v) is 1.96. The van der Waals surface area contributed by atoms with E-state index in [1.54, 1.807) is 19.2 Å². The Balaban J connectivity index is 1.70. The molecule has 1 fully saturated rings. The van der Waals surface area contributed by atoms with Gasteiger partial charge in [-0.15, -0.1) is 0 Å². The van der Waals surface area contributed by atoms with Crippen molar-refractivity contribution < 1.29 is 18.7 Å². The molecule has 1 aromatic rings. The molecule has 1 amide bonds. The number of carbonyl (C=O) groups excluding carboxylic acids is 1. The van der Waals surface area contributed by atoms with Crippen LogP contribution >= 0.6 is 0 Å². The van der Waals surface area contributed by atoms with E-state index in [1.165, 1.54) is 0 Å². The number of furan rings is 1. The van der Waals surface area contributed by atoms with Gasteiger partial charge >= 0.3 is 0 Å². The van der Waals surface area contributed by atoms with Crippen molar-refractivity contribution in [2.45, 2.75) is 6.61 Å². The quantitative estimate of drug-likeness (QED) is 0.813. The molecule has 0 aromatic carbocycles. The summed E-state index contributed by atoms with van der Waals surface area (Å²) >= 11 is 0. The van der Waals surface area contributed by atoms with Crippen LogP contribution in [0.1, 0.15) is 16.3 Å². The molecule has 6 heteroatoms. The van der Waals surface area contributed by atoms with Crippen molar-refractivity contribution in [1.82, 2.24) is 10.2 Å². The normalized spacial score (nSPS) is 16.5. The van der Waals surface area contributed by atoms with Crippen molar-refractivity contribution in [3.63, 3.8) is 0 Å². The molecule has 1 aliphatic rings. The maximum Gasteiger partial charge on any atom is 0.287 e. The largest absolute Gasteiger partial charge is 0.453 e. The molecule has 19 heavy (non-hydrogen) atoms. The lowest BCUT2D eigenvalue weighted by Crippen LogP contribution is -2.41. The molecule has 0 unspecified atom stereocenters. The van der Waals surface area contributed by atoms with Crippen molar-refractivity contribution in [2.75, 3.05) is 46.5 Å². The van der Waals surface area contributed by atoms with E-state index in [-0.39, 0.29) is 5.91 Å². The molecule has 1 aliphatic heterocycles. The smallest absolute Gasteiger partial charge is 0.287 e. The Bertz CT molecular complexity index is 399. The second-order valence-corrected chi connectivity index (χ2v) is 4.41. The number of hydrogen-bond donors (Lipinski definition) is 1. The predicted octanol–water partition coefficient (Wildman–Crippen LogP) is 0.488. The Morgan fingerprint density at radius 2 is 2.21 bits per heavy atom. The van der Waals surface area contributed by atoms with Gasteiger partial charge in [-0.25, -0.2) is 0 Å². The molecule has 0 atom stereocenters. The van der Waals surface area contributed by atoms with Crippen LogP contribution in [-0.4, -0.2) is 57.3 Å². The number of methoxy groups -OCH3 is 1. The Kier molecular flexibility index (Phi) is 5.38. The van der Waals surface area contributed by atoms with Crippen LogP contribution < -0.4 is 5.32 Å². The lowest BCUT2D eigenvalue weighted by molar-refractivity contribution is 0.0382. The molecular weight excluding hydrogens is 248 g/mol. The van der Waals surface area contributed by atoms with Crippen molar-refractivity contribution >= 4 is 5.91 Å². The SMILES string of the molecule is COCc1ccc(C(=O)NCCN2CCOCC2)o1. The molecule has 0 aliphatic carbocycles. The Morgan fingerprint density at radius 1 is 1.42 bits per heavy atom. The second-order valence-electron chi connectivity index (χ2n) is 4.41. The van der Waals surface area contributed by atoms with Gasteiger partial charge in [0.25, 0.3) is 5.91 Å². The minimum atomic E-state index is -0.185. The lowest BCUT2D eigenvalue weighted by atomic mass is 10.4. The van der Waals surface area contributed by atoms with Crippen LogP contribution in [0.3, 0.4) is 0 Å². The first-order valence-corrected chi connectivity index (χ1v) is 6.45. The standard InChI is InChI=1S/C13H20N2O4/c1-17-10-11-2-3-12(19-11)13(16)14-4-5-15-6-8-18-9-7-15/h2-3H,4-10H2,1H3,(H,14,16). The maximum absolute atomic E-state index is 11.8. The highest BCUT2D eigenvalue weighted by Crippen LogP contribution is 2.08. The van der Waals surface area contributed by atoms with Crippen LogP contribution in [-0.2, 0) is 16.1 Å². The zero-order chi connectivity index (χ0) is 13.5. The van der Waals surface area contributed by atoms with Crippen molar-refractivity contribution in [1.29, 1.82) is 0 Å². The molecule has 0 radical (unpaired) electrons. The molecule has 1 aromatic heterocycles. The van der Waals surface area contributed by atoms with E-state index in [9.17, 15) is 4.79 Å². The van der Waals surface area contributed by atoms with E-state index in [0.29, 0.717) is 24.7 Å². The van der Waals surface area contributed by atoms with Gasteiger partial charge < -0.3 is 19.2 Å². The van der Waals surface area contributed by atoms with Gasteiger partial charge in [-0.05, 0) is 12.1 Å². The number of morpholine rings is 1. The monoisotopic (exact) mass is 268 g/mol. The van der Waals surface area contributed by atoms with E-state index < -0.39 is 0 Å². The molecule has 2 heterocycles. The fourth-order valence-electron chi connectivity index (χ4n) is 1.96. The number of amides is 1. The summed E-state index contributed by atoms with van der Waals surface area (Å²) in [5.74, 6) is 0.797. The molecule has 2 rings (SSSR count). The van der Waals surface area contributed by atoms with Crippen LogP contribution in [0.25, 0.3) is 0 Å². The Labute approximate surface area is 112 Å². The van der Waals surface area contributed by atoms with Gasteiger partial charge in [0.1, 0.15) is 12.4 Å². The lowest BCUT2D eigenvalue weighted by Gasteiger charge is -2.26. The minimum Gasteiger partial charge on any atom is -0.453 e. The number of carbonyl (C=O) groups is 1. The van der Waals surface area contributed by atoms with Crippen LogP contribution in [0, 0.1) is 0 Å². The average Bonchev–Trinajstić information content (AvgIpc) is 2.89. The zero-order valence-electron chi connectivity index (χ0n) is 11.2. The molecular formula is C13H20N2O4. The topological polar surface area (TPSA) is 63.9 Å². The summed E-state index contributed by atoms with van der Waals surface area (Å²) in [6.45, 7) is 5.21. The van der Waals surface area contributed by atoms with E-state index in [0.717, 1.165) is 32.8 Å². The molecule has 1 saturated heterocycles. The first-order valence-electron chi connectivity index (χ1n) is 6.45. The fraction of sp³-hybridized carbons (Fsp3) is 0.615. The number of ether oxygens (including phenoxy) is 2. The molecule has 0 saturated carbocycles. The predicted molar refractivity (Wildman–Crippen MR) is 69.0 cm³/mol. The number of nitrogens with one attached hydrogen (secondary N) is 1. The highest BCUT2D eigenvalue weighted by atomic mass is 16.5. The molecule has 6 nitrogen and oxygen atoms in total. The highest BCUT2D eigenvalue weighted by Gasteiger charge is 2.13. The maximum atomic E-state index is 11.8. The summed E-state index contributed by atoms with van der Waals surface area (Å²) in [5, 5.41) is 2.85. The first kappa shape index (κ1) is 14.0. The third-order valence-electron chi connectivity index (χ3n) is 2.99. The third-order valence-corrected chi connectivity index (χ3v) is 2.99. The van der Waals surface area contributed by atoms with Crippen molar-refractivity contribution in [3.8, 4) is 0 Å². The second kappa shape index (κ2) is 7.28. The van der Waals surface area contributed by atoms with E-state index in [4.69, 9.17) is 13.9 Å². The summed E-state index contributed by atoms with van der Waals surface area (Å²) in [7, 11) is 1.59. The van der Waals surface area contributed by atoms with Gasteiger partial charge in [-0.1, -0.05) is 0 Å². The van der Waals surface area contributed by atoms with Crippen molar-refractivity contribution in [3.05, 3.63) is 23.7 Å². The summed E-state index contributed by atoms with van der Waals surface area (Å²) in [6.07, 6.45) is 0. The Hall–Kier alpha value is -1.37. The van der Waals surface area contributed by atoms with E-state index in [2.05, 4.69) is 10.2 Å². The first-order chi connectivity index (χ1) is 9.29. The number of hydrogen-bond acceptors (Lipinski definition) is 5. The zero-order valence-corrected chi connectivity index (χ0v) is 11.2. The highest BCUT2D eigenvalue weighted by molar-refractivity contribution is 5.91. The van der Waals surface area contributed by atoms with E-state index in [1.807, 2.05) is 0 Å². The average molecular weight is 268 g/mol. The number of rotatable bonds is 6. The van der Waals surface area contributed by atoms with Crippen LogP contribution in [0.4, 0.5) is 0 Å².